The highest BCUT2D eigenvalue weighted by atomic mass is 35.5. The fourth-order valence-electron chi connectivity index (χ4n) is 1.37. The van der Waals surface area contributed by atoms with Crippen LogP contribution in [0.1, 0.15) is 25.1 Å². The molecule has 72 valence electrons. The van der Waals surface area contributed by atoms with Gasteiger partial charge in [-0.25, -0.2) is 9.97 Å². The third kappa shape index (κ3) is 2.10. The van der Waals surface area contributed by atoms with E-state index in [1.165, 1.54) is 0 Å². The Hall–Kier alpha value is -0.830. The first-order chi connectivity index (χ1) is 6.22. The maximum atomic E-state index is 5.77. The van der Waals surface area contributed by atoms with Gasteiger partial charge in [-0.05, 0) is 24.4 Å². The summed E-state index contributed by atoms with van der Waals surface area (Å²) in [5, 5.41) is 3.34. The molecule has 0 fully saturated rings. The highest BCUT2D eigenvalue weighted by Gasteiger charge is 2.09. The largest absolute Gasteiger partial charge is 0.373 e. The van der Waals surface area contributed by atoms with Gasteiger partial charge in [0.25, 0.3) is 0 Å². The molecule has 0 spiro atoms. The number of halogens is 1. The average Bonchev–Trinajstić information content (AvgIpc) is 2.16. The van der Waals surface area contributed by atoms with Crippen molar-refractivity contribution in [1.82, 2.24) is 9.97 Å². The molecule has 0 aliphatic rings. The summed E-state index contributed by atoms with van der Waals surface area (Å²) in [4.78, 5) is 8.30. The molecule has 4 heteroatoms. The lowest BCUT2D eigenvalue weighted by molar-refractivity contribution is 0.933. The van der Waals surface area contributed by atoms with Gasteiger partial charge in [-0.15, -0.1) is 0 Å². The van der Waals surface area contributed by atoms with Crippen molar-refractivity contribution in [2.45, 2.75) is 26.7 Å². The Morgan fingerprint density at radius 1 is 1.23 bits per heavy atom. The monoisotopic (exact) mass is 199 g/mol. The van der Waals surface area contributed by atoms with Crippen molar-refractivity contribution in [1.29, 1.82) is 0 Å². The zero-order valence-corrected chi connectivity index (χ0v) is 8.94. The van der Waals surface area contributed by atoms with Crippen LogP contribution in [0.5, 0.6) is 0 Å². The first-order valence-electron chi connectivity index (χ1n) is 4.45. The Kier molecular flexibility index (Phi) is 3.48. The first kappa shape index (κ1) is 10.3. The van der Waals surface area contributed by atoms with Crippen LogP contribution in [0.25, 0.3) is 0 Å². The molecule has 0 saturated carbocycles. The highest BCUT2D eigenvalue weighted by molar-refractivity contribution is 6.28. The molecule has 0 amide bonds. The summed E-state index contributed by atoms with van der Waals surface area (Å²) < 4.78 is 0. The molecule has 0 radical (unpaired) electrons. The standard InChI is InChI=1S/C9H14ClN3/c1-4-6-7(5-2)12-9(10)13-8(6)11-3/h4-5H2,1-3H3,(H,11,12,13). The topological polar surface area (TPSA) is 37.8 Å². The molecule has 0 aliphatic carbocycles. The van der Waals surface area contributed by atoms with E-state index >= 15 is 0 Å². The summed E-state index contributed by atoms with van der Waals surface area (Å²) >= 11 is 5.77. The van der Waals surface area contributed by atoms with Gasteiger partial charge in [-0.3, -0.25) is 0 Å². The van der Waals surface area contributed by atoms with Gasteiger partial charge >= 0.3 is 0 Å². The van der Waals surface area contributed by atoms with Crippen LogP contribution in [0.4, 0.5) is 5.82 Å². The van der Waals surface area contributed by atoms with Crippen molar-refractivity contribution in [2.75, 3.05) is 12.4 Å². The van der Waals surface area contributed by atoms with Crippen molar-refractivity contribution in [3.8, 4) is 0 Å². The number of aryl methyl sites for hydroxylation is 1. The Morgan fingerprint density at radius 3 is 2.38 bits per heavy atom. The molecule has 1 heterocycles. The molecule has 13 heavy (non-hydrogen) atoms. The predicted octanol–water partition coefficient (Wildman–Crippen LogP) is 2.30. The second kappa shape index (κ2) is 4.42. The van der Waals surface area contributed by atoms with Gasteiger partial charge in [0.15, 0.2) is 0 Å². The Labute approximate surface area is 83.5 Å². The zero-order valence-electron chi connectivity index (χ0n) is 8.19. The molecular weight excluding hydrogens is 186 g/mol. The van der Waals surface area contributed by atoms with Crippen molar-refractivity contribution in [2.24, 2.45) is 0 Å². The minimum atomic E-state index is 0.318. The van der Waals surface area contributed by atoms with Crippen LogP contribution in [-0.2, 0) is 12.8 Å². The second-order valence-corrected chi connectivity index (χ2v) is 3.06. The maximum Gasteiger partial charge on any atom is 0.224 e. The van der Waals surface area contributed by atoms with Gasteiger partial charge in [0.1, 0.15) is 5.82 Å². The molecule has 0 saturated heterocycles. The summed E-state index contributed by atoms with van der Waals surface area (Å²) in [7, 11) is 1.84. The minimum Gasteiger partial charge on any atom is -0.373 e. The maximum absolute atomic E-state index is 5.77. The number of nitrogens with one attached hydrogen (secondary N) is 1. The molecule has 3 nitrogen and oxygen atoms in total. The molecular formula is C9H14ClN3. The molecule has 0 atom stereocenters. The molecule has 0 bridgehead atoms. The third-order valence-corrected chi connectivity index (χ3v) is 2.16. The van der Waals surface area contributed by atoms with E-state index in [9.17, 15) is 0 Å². The van der Waals surface area contributed by atoms with Crippen LogP contribution >= 0.6 is 11.6 Å². The van der Waals surface area contributed by atoms with Crippen LogP contribution in [-0.4, -0.2) is 17.0 Å². The third-order valence-electron chi connectivity index (χ3n) is 1.99. The fourth-order valence-corrected chi connectivity index (χ4v) is 1.56. The molecule has 0 aromatic carbocycles. The second-order valence-electron chi connectivity index (χ2n) is 2.72. The number of nitrogens with zero attached hydrogens (tertiary/aromatic N) is 2. The molecule has 1 N–H and O–H groups in total. The van der Waals surface area contributed by atoms with Gasteiger partial charge < -0.3 is 5.32 Å². The average molecular weight is 200 g/mol. The van der Waals surface area contributed by atoms with Gasteiger partial charge in [0.2, 0.25) is 5.28 Å². The lowest BCUT2D eigenvalue weighted by Gasteiger charge is -2.10. The molecule has 1 aromatic rings. The number of hydrogen-bond donors (Lipinski definition) is 1. The molecule has 1 aromatic heterocycles. The number of anilines is 1. The molecule has 0 aliphatic heterocycles. The van der Waals surface area contributed by atoms with E-state index < -0.39 is 0 Å². The summed E-state index contributed by atoms with van der Waals surface area (Å²) in [6.07, 6.45) is 1.82. The van der Waals surface area contributed by atoms with Crippen LogP contribution in [0.3, 0.4) is 0 Å². The minimum absolute atomic E-state index is 0.318. The van der Waals surface area contributed by atoms with E-state index in [4.69, 9.17) is 11.6 Å². The quantitative estimate of drug-likeness (QED) is 0.760. The molecule has 1 rings (SSSR count). The Bertz CT molecular complexity index is 274. The van der Waals surface area contributed by atoms with Gasteiger partial charge in [-0.2, -0.15) is 0 Å². The summed E-state index contributed by atoms with van der Waals surface area (Å²) in [6, 6.07) is 0. The van der Waals surface area contributed by atoms with E-state index in [0.717, 1.165) is 29.9 Å². The van der Waals surface area contributed by atoms with Crippen molar-refractivity contribution in [3.05, 3.63) is 16.5 Å². The van der Waals surface area contributed by atoms with E-state index in [1.54, 1.807) is 0 Å². The van der Waals surface area contributed by atoms with E-state index in [2.05, 4.69) is 29.1 Å². The van der Waals surface area contributed by atoms with Crippen molar-refractivity contribution < 1.29 is 0 Å². The zero-order chi connectivity index (χ0) is 9.84. The summed E-state index contributed by atoms with van der Waals surface area (Å²) in [5.41, 5.74) is 2.20. The van der Waals surface area contributed by atoms with Gasteiger partial charge in [-0.1, -0.05) is 13.8 Å². The number of aromatic nitrogens is 2. The van der Waals surface area contributed by atoms with Crippen LogP contribution in [0.2, 0.25) is 5.28 Å². The smallest absolute Gasteiger partial charge is 0.224 e. The van der Waals surface area contributed by atoms with Crippen molar-refractivity contribution >= 4 is 17.4 Å². The fraction of sp³-hybridized carbons (Fsp3) is 0.556. The normalized spacial score (nSPS) is 10.2. The lowest BCUT2D eigenvalue weighted by atomic mass is 10.1. The highest BCUT2D eigenvalue weighted by Crippen LogP contribution is 2.19. The van der Waals surface area contributed by atoms with Crippen LogP contribution in [0.15, 0.2) is 0 Å². The lowest BCUT2D eigenvalue weighted by Crippen LogP contribution is -2.05. The van der Waals surface area contributed by atoms with Crippen molar-refractivity contribution in [3.63, 3.8) is 0 Å². The Balaban J connectivity index is 3.25. The predicted molar refractivity (Wildman–Crippen MR) is 55.3 cm³/mol. The summed E-state index contributed by atoms with van der Waals surface area (Å²) in [5.74, 6) is 0.847. The first-order valence-corrected chi connectivity index (χ1v) is 4.83. The number of rotatable bonds is 3. The van der Waals surface area contributed by atoms with Crippen LogP contribution in [0, 0.1) is 0 Å². The summed E-state index contributed by atoms with van der Waals surface area (Å²) in [6.45, 7) is 4.16. The van der Waals surface area contributed by atoms with E-state index in [0.29, 0.717) is 5.28 Å². The number of hydrogen-bond acceptors (Lipinski definition) is 3. The van der Waals surface area contributed by atoms with Gasteiger partial charge in [0, 0.05) is 12.6 Å². The van der Waals surface area contributed by atoms with E-state index in [-0.39, 0.29) is 0 Å². The van der Waals surface area contributed by atoms with Crippen LogP contribution < -0.4 is 5.32 Å². The van der Waals surface area contributed by atoms with E-state index in [1.807, 2.05) is 7.05 Å². The van der Waals surface area contributed by atoms with Gasteiger partial charge in [0.05, 0.1) is 5.69 Å². The SMILES string of the molecule is CCc1nc(Cl)nc(NC)c1CC. The molecule has 0 unspecified atom stereocenters. The Morgan fingerprint density at radius 2 is 1.92 bits per heavy atom.